The van der Waals surface area contributed by atoms with Gasteiger partial charge in [0.2, 0.25) is 0 Å². The van der Waals surface area contributed by atoms with E-state index in [0.717, 1.165) is 10.0 Å². The Morgan fingerprint density at radius 2 is 2.20 bits per heavy atom. The van der Waals surface area contributed by atoms with Crippen LogP contribution in [-0.2, 0) is 6.54 Å². The van der Waals surface area contributed by atoms with Gasteiger partial charge in [-0.3, -0.25) is 9.67 Å². The predicted molar refractivity (Wildman–Crippen MR) is 63.5 cm³/mol. The van der Waals surface area contributed by atoms with E-state index >= 15 is 0 Å². The van der Waals surface area contributed by atoms with E-state index in [-0.39, 0.29) is 5.69 Å². The summed E-state index contributed by atoms with van der Waals surface area (Å²) in [5.74, 6) is 0. The van der Waals surface area contributed by atoms with E-state index in [0.29, 0.717) is 11.3 Å². The molecule has 2 rings (SSSR count). The molecule has 0 saturated heterocycles. The number of nitrogens with one attached hydrogen (secondary N) is 2. The maximum atomic E-state index is 11.3. The summed E-state index contributed by atoms with van der Waals surface area (Å²) in [6.07, 6.45) is 0. The minimum Gasteiger partial charge on any atom is -0.272 e. The number of H-pyrrole nitrogens is 2. The minimum absolute atomic E-state index is 0.222. The Bertz CT molecular complexity index is 556. The van der Waals surface area contributed by atoms with Crippen molar-refractivity contribution in [2.45, 2.75) is 6.54 Å². The molecule has 15 heavy (non-hydrogen) atoms. The quantitative estimate of drug-likeness (QED) is 0.830. The average Bonchev–Trinajstić information content (AvgIpc) is 2.50. The number of nitrogens with zero attached hydrogens (tertiary/aromatic N) is 1. The van der Waals surface area contributed by atoms with Gasteiger partial charge < -0.3 is 0 Å². The molecular weight excluding hydrogens is 278 g/mol. The van der Waals surface area contributed by atoms with Crippen LogP contribution in [0.2, 0.25) is 0 Å². The highest BCUT2D eigenvalue weighted by Crippen LogP contribution is 2.12. The normalized spacial score (nSPS) is 10.5. The standard InChI is InChI=1S/C9H8BrN3OS/c10-7-3-1-2-6(4-7)5-13-8(14)11-12-9(13)15/h1-4H,5H2,(H,11,14)(H,12,15). The maximum absolute atomic E-state index is 11.3. The molecule has 0 saturated carbocycles. The second-order valence-corrected chi connectivity index (χ2v) is 4.38. The monoisotopic (exact) mass is 285 g/mol. The molecule has 0 fully saturated rings. The van der Waals surface area contributed by atoms with Gasteiger partial charge in [-0.25, -0.2) is 9.89 Å². The number of aromatic amines is 2. The van der Waals surface area contributed by atoms with E-state index < -0.39 is 0 Å². The highest BCUT2D eigenvalue weighted by molar-refractivity contribution is 9.10. The molecule has 4 nitrogen and oxygen atoms in total. The lowest BCUT2D eigenvalue weighted by atomic mass is 10.2. The summed E-state index contributed by atoms with van der Waals surface area (Å²) in [4.78, 5) is 11.3. The van der Waals surface area contributed by atoms with E-state index in [1.807, 2.05) is 24.3 Å². The summed E-state index contributed by atoms with van der Waals surface area (Å²) < 4.78 is 2.86. The van der Waals surface area contributed by atoms with Gasteiger partial charge in [0.25, 0.3) is 0 Å². The summed E-state index contributed by atoms with van der Waals surface area (Å²) in [6.45, 7) is 0.469. The smallest absolute Gasteiger partial charge is 0.272 e. The molecule has 0 spiro atoms. The molecule has 1 aromatic carbocycles. The molecule has 0 aliphatic carbocycles. The summed E-state index contributed by atoms with van der Waals surface area (Å²) in [6, 6.07) is 7.75. The fraction of sp³-hybridized carbons (Fsp3) is 0.111. The molecular formula is C9H8BrN3OS. The maximum Gasteiger partial charge on any atom is 0.342 e. The van der Waals surface area contributed by atoms with E-state index in [1.54, 1.807) is 0 Å². The van der Waals surface area contributed by atoms with Crippen LogP contribution in [0.5, 0.6) is 0 Å². The molecule has 78 valence electrons. The second kappa shape index (κ2) is 4.16. The Morgan fingerprint density at radius 1 is 1.40 bits per heavy atom. The van der Waals surface area contributed by atoms with Crippen LogP contribution in [0.25, 0.3) is 0 Å². The first-order chi connectivity index (χ1) is 7.16. The molecule has 0 aliphatic heterocycles. The van der Waals surface area contributed by atoms with Crippen molar-refractivity contribution in [2.75, 3.05) is 0 Å². The predicted octanol–water partition coefficient (Wildman–Crippen LogP) is 2.04. The first-order valence-corrected chi connectivity index (χ1v) is 5.49. The van der Waals surface area contributed by atoms with Crippen LogP contribution in [0, 0.1) is 4.77 Å². The van der Waals surface area contributed by atoms with Gasteiger partial charge in [0.15, 0.2) is 4.77 Å². The van der Waals surface area contributed by atoms with Crippen LogP contribution >= 0.6 is 28.1 Å². The van der Waals surface area contributed by atoms with Crippen LogP contribution < -0.4 is 5.69 Å². The molecule has 0 atom stereocenters. The van der Waals surface area contributed by atoms with Gasteiger partial charge in [0.1, 0.15) is 0 Å². The Labute approximate surface area is 99.1 Å². The van der Waals surface area contributed by atoms with Crippen molar-refractivity contribution in [1.82, 2.24) is 14.8 Å². The van der Waals surface area contributed by atoms with Gasteiger partial charge in [-0.2, -0.15) is 0 Å². The van der Waals surface area contributed by atoms with Crippen LogP contribution in [-0.4, -0.2) is 14.8 Å². The van der Waals surface area contributed by atoms with Crippen molar-refractivity contribution in [1.29, 1.82) is 0 Å². The molecule has 1 heterocycles. The van der Waals surface area contributed by atoms with Crippen molar-refractivity contribution in [2.24, 2.45) is 0 Å². The van der Waals surface area contributed by atoms with E-state index in [9.17, 15) is 4.79 Å². The largest absolute Gasteiger partial charge is 0.342 e. The molecule has 0 unspecified atom stereocenters. The lowest BCUT2D eigenvalue weighted by Gasteiger charge is -2.01. The number of hydrogen-bond acceptors (Lipinski definition) is 2. The van der Waals surface area contributed by atoms with Gasteiger partial charge in [-0.1, -0.05) is 28.1 Å². The number of halogens is 1. The third kappa shape index (κ3) is 2.27. The van der Waals surface area contributed by atoms with Crippen molar-refractivity contribution in [3.63, 3.8) is 0 Å². The van der Waals surface area contributed by atoms with E-state index in [2.05, 4.69) is 26.1 Å². The van der Waals surface area contributed by atoms with Crippen molar-refractivity contribution in [3.8, 4) is 0 Å². The Balaban J connectivity index is 2.38. The van der Waals surface area contributed by atoms with Gasteiger partial charge in [-0.05, 0) is 29.9 Å². The molecule has 1 aromatic heterocycles. The zero-order valence-corrected chi connectivity index (χ0v) is 10.1. The summed E-state index contributed by atoms with van der Waals surface area (Å²) in [5.41, 5.74) is 0.797. The third-order valence-corrected chi connectivity index (χ3v) is 2.81. The lowest BCUT2D eigenvalue weighted by Crippen LogP contribution is -2.17. The summed E-state index contributed by atoms with van der Waals surface area (Å²) >= 11 is 8.34. The fourth-order valence-electron chi connectivity index (χ4n) is 1.30. The molecule has 2 N–H and O–H groups in total. The molecule has 0 aliphatic rings. The van der Waals surface area contributed by atoms with Gasteiger partial charge in [0, 0.05) is 4.47 Å². The van der Waals surface area contributed by atoms with E-state index in [4.69, 9.17) is 12.2 Å². The number of aromatic nitrogens is 3. The summed E-state index contributed by atoms with van der Waals surface area (Å²) in [5, 5.41) is 5.04. The molecule has 6 heteroatoms. The van der Waals surface area contributed by atoms with Crippen molar-refractivity contribution < 1.29 is 0 Å². The van der Waals surface area contributed by atoms with Crippen LogP contribution in [0.15, 0.2) is 33.5 Å². The molecule has 0 bridgehead atoms. The zero-order valence-electron chi connectivity index (χ0n) is 7.66. The zero-order chi connectivity index (χ0) is 10.8. The summed E-state index contributed by atoms with van der Waals surface area (Å²) in [7, 11) is 0. The molecule has 2 aromatic rings. The first-order valence-electron chi connectivity index (χ1n) is 4.29. The number of rotatable bonds is 2. The highest BCUT2D eigenvalue weighted by Gasteiger charge is 2.01. The molecule has 0 amide bonds. The Kier molecular flexibility index (Phi) is 2.88. The van der Waals surface area contributed by atoms with Crippen LogP contribution in [0.3, 0.4) is 0 Å². The molecule has 0 radical (unpaired) electrons. The van der Waals surface area contributed by atoms with E-state index in [1.165, 1.54) is 4.57 Å². The SMILES string of the molecule is O=c1[nH][nH]c(=S)n1Cc1cccc(Br)c1. The van der Waals surface area contributed by atoms with Gasteiger partial charge in [0.05, 0.1) is 6.54 Å². The van der Waals surface area contributed by atoms with Gasteiger partial charge in [-0.15, -0.1) is 0 Å². The lowest BCUT2D eigenvalue weighted by molar-refractivity contribution is 0.751. The van der Waals surface area contributed by atoms with Gasteiger partial charge >= 0.3 is 5.69 Å². The minimum atomic E-state index is -0.222. The fourth-order valence-corrected chi connectivity index (χ4v) is 1.94. The Morgan fingerprint density at radius 3 is 2.80 bits per heavy atom. The Hall–Kier alpha value is -1.14. The van der Waals surface area contributed by atoms with Crippen molar-refractivity contribution >= 4 is 28.1 Å². The highest BCUT2D eigenvalue weighted by atomic mass is 79.9. The average molecular weight is 286 g/mol. The third-order valence-electron chi connectivity index (χ3n) is 2.00. The first kappa shape index (κ1) is 10.4. The van der Waals surface area contributed by atoms with Crippen LogP contribution in [0.4, 0.5) is 0 Å². The second-order valence-electron chi connectivity index (χ2n) is 3.08. The topological polar surface area (TPSA) is 53.6 Å². The number of benzene rings is 1. The number of hydrogen-bond donors (Lipinski definition) is 2. The van der Waals surface area contributed by atoms with Crippen molar-refractivity contribution in [3.05, 3.63) is 49.6 Å². The van der Waals surface area contributed by atoms with Crippen LogP contribution in [0.1, 0.15) is 5.56 Å².